The van der Waals surface area contributed by atoms with Gasteiger partial charge in [0.2, 0.25) is 5.43 Å². The fourth-order valence-electron chi connectivity index (χ4n) is 1.99. The van der Waals surface area contributed by atoms with E-state index in [1.165, 1.54) is 12.3 Å². The average Bonchev–Trinajstić information content (AvgIpc) is 2.55. The molecular weight excluding hydrogens is 314 g/mol. The van der Waals surface area contributed by atoms with Gasteiger partial charge in [-0.3, -0.25) is 13.8 Å². The van der Waals surface area contributed by atoms with E-state index in [0.717, 1.165) is 6.42 Å². The van der Waals surface area contributed by atoms with Gasteiger partial charge in [0.15, 0.2) is 11.5 Å². The predicted octanol–water partition coefficient (Wildman–Crippen LogP) is 2.30. The highest BCUT2D eigenvalue weighted by Gasteiger charge is 2.12. The number of rotatable bonds is 8. The number of benzene rings is 1. The third-order valence-corrected chi connectivity index (χ3v) is 4.32. The van der Waals surface area contributed by atoms with Crippen LogP contribution in [0.25, 0.3) is 0 Å². The molecule has 1 aromatic carbocycles. The number of carbonyl (C=O) groups excluding carboxylic acids is 1. The summed E-state index contributed by atoms with van der Waals surface area (Å²) in [5.74, 6) is 0.137. The number of pyridine rings is 1. The van der Waals surface area contributed by atoms with Crippen LogP contribution in [0.2, 0.25) is 0 Å². The van der Waals surface area contributed by atoms with E-state index in [4.69, 9.17) is 4.74 Å². The van der Waals surface area contributed by atoms with Gasteiger partial charge in [-0.2, -0.15) is 0 Å². The smallest absolute Gasteiger partial charge is 0.223 e. The summed E-state index contributed by atoms with van der Waals surface area (Å²) >= 11 is 0. The van der Waals surface area contributed by atoms with E-state index in [0.29, 0.717) is 17.9 Å². The molecule has 0 saturated heterocycles. The van der Waals surface area contributed by atoms with E-state index in [2.05, 4.69) is 4.98 Å². The lowest BCUT2D eigenvalue weighted by molar-refractivity contribution is 0.102. The van der Waals surface area contributed by atoms with Crippen molar-refractivity contribution in [3.63, 3.8) is 0 Å². The minimum Gasteiger partial charge on any atom is -0.488 e. The zero-order valence-electron chi connectivity index (χ0n) is 12.9. The van der Waals surface area contributed by atoms with Crippen molar-refractivity contribution < 1.29 is 13.7 Å². The number of aromatic amines is 1. The Morgan fingerprint density at radius 1 is 1.26 bits per heavy atom. The van der Waals surface area contributed by atoms with E-state index < -0.39 is 10.8 Å². The molecule has 0 amide bonds. The molecule has 0 aliphatic heterocycles. The molecule has 1 aromatic heterocycles. The second kappa shape index (κ2) is 8.43. The summed E-state index contributed by atoms with van der Waals surface area (Å²) in [5, 5.41) is 0. The molecule has 1 unspecified atom stereocenters. The van der Waals surface area contributed by atoms with Gasteiger partial charge in [-0.1, -0.05) is 37.3 Å². The van der Waals surface area contributed by atoms with Gasteiger partial charge in [-0.05, 0) is 6.42 Å². The Morgan fingerprint density at radius 3 is 2.65 bits per heavy atom. The van der Waals surface area contributed by atoms with Gasteiger partial charge in [0.25, 0.3) is 0 Å². The molecule has 2 aromatic rings. The highest BCUT2D eigenvalue weighted by atomic mass is 32.2. The third-order valence-electron chi connectivity index (χ3n) is 3.10. The number of ketones is 1. The number of ether oxygens (including phenoxy) is 1. The number of nitrogens with one attached hydrogen (secondary N) is 1. The van der Waals surface area contributed by atoms with Crippen molar-refractivity contribution in [2.75, 3.05) is 12.4 Å². The predicted molar refractivity (Wildman–Crippen MR) is 90.3 cm³/mol. The average molecular weight is 333 g/mol. The number of hydrogen-bond donors (Lipinski definition) is 1. The molecule has 1 heterocycles. The number of aromatic nitrogens is 1. The Morgan fingerprint density at radius 2 is 2.00 bits per heavy atom. The van der Waals surface area contributed by atoms with Gasteiger partial charge in [0.05, 0.1) is 18.1 Å². The van der Waals surface area contributed by atoms with Crippen LogP contribution in [0.3, 0.4) is 0 Å². The van der Waals surface area contributed by atoms with Crippen LogP contribution in [0.1, 0.15) is 29.4 Å². The van der Waals surface area contributed by atoms with Crippen LogP contribution in [0.15, 0.2) is 47.4 Å². The van der Waals surface area contributed by atoms with Crippen molar-refractivity contribution in [2.24, 2.45) is 0 Å². The second-order valence-electron chi connectivity index (χ2n) is 5.05. The van der Waals surface area contributed by atoms with Crippen LogP contribution in [-0.4, -0.2) is 27.3 Å². The van der Waals surface area contributed by atoms with Gasteiger partial charge in [0.1, 0.15) is 0 Å². The summed E-state index contributed by atoms with van der Waals surface area (Å²) in [4.78, 5) is 26.8. The molecule has 1 atom stereocenters. The van der Waals surface area contributed by atoms with E-state index in [9.17, 15) is 13.8 Å². The highest BCUT2D eigenvalue weighted by Crippen LogP contribution is 2.07. The first-order valence-corrected chi connectivity index (χ1v) is 8.86. The molecule has 6 heteroatoms. The Bertz CT molecular complexity index is 740. The lowest BCUT2D eigenvalue weighted by Gasteiger charge is -2.06. The Kier molecular flexibility index (Phi) is 6.29. The van der Waals surface area contributed by atoms with Crippen LogP contribution in [0.4, 0.5) is 0 Å². The Labute approximate surface area is 137 Å². The van der Waals surface area contributed by atoms with Crippen molar-refractivity contribution in [3.8, 4) is 5.75 Å². The van der Waals surface area contributed by atoms with Crippen molar-refractivity contribution >= 4 is 16.6 Å². The monoisotopic (exact) mass is 333 g/mol. The van der Waals surface area contributed by atoms with Gasteiger partial charge >= 0.3 is 0 Å². The number of hydrogen-bond acceptors (Lipinski definition) is 4. The first kappa shape index (κ1) is 17.1. The summed E-state index contributed by atoms with van der Waals surface area (Å²) < 4.78 is 17.4. The number of H-pyrrole nitrogens is 1. The molecule has 0 fully saturated rings. The highest BCUT2D eigenvalue weighted by molar-refractivity contribution is 7.85. The third kappa shape index (κ3) is 5.17. The number of Topliss-reactive ketones (excluding diaryl/α,β-unsaturated/α-hetero) is 1. The molecule has 23 heavy (non-hydrogen) atoms. The molecule has 0 aliphatic carbocycles. The van der Waals surface area contributed by atoms with Crippen molar-refractivity contribution in [1.29, 1.82) is 0 Å². The first-order valence-electron chi connectivity index (χ1n) is 7.37. The first-order chi connectivity index (χ1) is 11.1. The second-order valence-corrected chi connectivity index (χ2v) is 6.51. The maximum atomic E-state index is 12.1. The van der Waals surface area contributed by atoms with Crippen molar-refractivity contribution in [1.82, 2.24) is 4.98 Å². The molecule has 2 rings (SSSR count). The molecule has 0 aliphatic rings. The molecule has 1 N–H and O–H groups in total. The molecule has 122 valence electrons. The zero-order chi connectivity index (χ0) is 16.7. The van der Waals surface area contributed by atoms with E-state index >= 15 is 0 Å². The van der Waals surface area contributed by atoms with Crippen LogP contribution in [-0.2, 0) is 16.6 Å². The normalized spacial score (nSPS) is 11.9. The lowest BCUT2D eigenvalue weighted by Crippen LogP contribution is -2.15. The van der Waals surface area contributed by atoms with E-state index in [1.807, 2.05) is 13.0 Å². The minimum atomic E-state index is -1.38. The summed E-state index contributed by atoms with van der Waals surface area (Å²) in [5.41, 5.74) is 0.814. The summed E-state index contributed by atoms with van der Waals surface area (Å²) in [7, 11) is -1.38. The van der Waals surface area contributed by atoms with Gasteiger partial charge in [0, 0.05) is 34.3 Å². The number of carbonyl (C=O) groups is 1. The molecular formula is C17H19NO4S. The quantitative estimate of drug-likeness (QED) is 0.752. The standard InChI is InChI=1S/C17H19NO4S/c1-2-8-22-17-10-18-14(9-15(17)19)11-23(21)12-16(20)13-6-4-3-5-7-13/h3-7,9-10H,2,8,11-12H2,1H3,(H,18,19). The zero-order valence-corrected chi connectivity index (χ0v) is 13.7. The van der Waals surface area contributed by atoms with E-state index in [-0.39, 0.29) is 28.5 Å². The largest absolute Gasteiger partial charge is 0.488 e. The van der Waals surface area contributed by atoms with Gasteiger partial charge in [-0.25, -0.2) is 0 Å². The summed E-state index contributed by atoms with van der Waals surface area (Å²) in [6.45, 7) is 2.43. The molecule has 0 radical (unpaired) electrons. The maximum Gasteiger partial charge on any atom is 0.223 e. The van der Waals surface area contributed by atoms with Crippen LogP contribution in [0, 0.1) is 0 Å². The fourth-order valence-corrected chi connectivity index (χ4v) is 3.06. The molecule has 0 bridgehead atoms. The molecule has 0 saturated carbocycles. The SMILES string of the molecule is CCCOc1c[nH]c(CS(=O)CC(=O)c2ccccc2)cc1=O. The summed E-state index contributed by atoms with van der Waals surface area (Å²) in [6, 6.07) is 10.1. The summed E-state index contributed by atoms with van der Waals surface area (Å²) in [6.07, 6.45) is 2.29. The molecule has 5 nitrogen and oxygen atoms in total. The minimum absolute atomic E-state index is 0.0693. The van der Waals surface area contributed by atoms with E-state index in [1.54, 1.807) is 24.3 Å². The van der Waals surface area contributed by atoms with Crippen LogP contribution in [0.5, 0.6) is 5.75 Å². The van der Waals surface area contributed by atoms with Crippen LogP contribution >= 0.6 is 0 Å². The van der Waals surface area contributed by atoms with Gasteiger partial charge in [-0.15, -0.1) is 0 Å². The lowest BCUT2D eigenvalue weighted by atomic mass is 10.2. The Hall–Kier alpha value is -2.21. The fraction of sp³-hybridized carbons (Fsp3) is 0.294. The molecule has 0 spiro atoms. The van der Waals surface area contributed by atoms with Crippen molar-refractivity contribution in [3.05, 3.63) is 64.1 Å². The van der Waals surface area contributed by atoms with Crippen LogP contribution < -0.4 is 10.2 Å². The van der Waals surface area contributed by atoms with Gasteiger partial charge < -0.3 is 9.72 Å². The van der Waals surface area contributed by atoms with Crippen molar-refractivity contribution in [2.45, 2.75) is 19.1 Å². The topological polar surface area (TPSA) is 76.2 Å². The maximum absolute atomic E-state index is 12.1. The Balaban J connectivity index is 1.96.